The Morgan fingerprint density at radius 3 is 2.09 bits per heavy atom. The van der Waals surface area contributed by atoms with Gasteiger partial charge in [-0.3, -0.25) is 4.79 Å². The molecule has 35 heavy (non-hydrogen) atoms. The average Bonchev–Trinajstić information content (AvgIpc) is 2.87. The van der Waals surface area contributed by atoms with Crippen molar-refractivity contribution in [2.45, 2.75) is 32.9 Å². The normalized spacial score (nSPS) is 11.4. The van der Waals surface area contributed by atoms with E-state index in [4.69, 9.17) is 9.47 Å². The lowest BCUT2D eigenvalue weighted by molar-refractivity contribution is -0.123. The summed E-state index contributed by atoms with van der Waals surface area (Å²) in [6.45, 7) is 5.11. The van der Waals surface area contributed by atoms with Crippen molar-refractivity contribution in [2.75, 3.05) is 18.4 Å². The van der Waals surface area contributed by atoms with Crippen LogP contribution in [-0.2, 0) is 16.1 Å². The molecule has 0 saturated heterocycles. The van der Waals surface area contributed by atoms with Gasteiger partial charge < -0.3 is 25.4 Å². The predicted octanol–water partition coefficient (Wildman–Crippen LogP) is 5.35. The van der Waals surface area contributed by atoms with Crippen LogP contribution < -0.4 is 20.7 Å². The van der Waals surface area contributed by atoms with Gasteiger partial charge in [0, 0.05) is 18.8 Å². The Labute approximate surface area is 206 Å². The van der Waals surface area contributed by atoms with E-state index in [9.17, 15) is 9.59 Å². The van der Waals surface area contributed by atoms with E-state index < -0.39 is 12.1 Å². The molecule has 3 rings (SSSR count). The molecule has 1 atom stereocenters. The summed E-state index contributed by atoms with van der Waals surface area (Å²) in [6, 6.07) is 26.0. The van der Waals surface area contributed by atoms with Gasteiger partial charge in [-0.15, -0.1) is 0 Å². The maximum atomic E-state index is 12.7. The van der Waals surface area contributed by atoms with Gasteiger partial charge in [-0.05, 0) is 54.3 Å². The summed E-state index contributed by atoms with van der Waals surface area (Å²) >= 11 is 0. The van der Waals surface area contributed by atoms with Gasteiger partial charge in [0.1, 0.15) is 24.1 Å². The number of rotatable bonds is 12. The Morgan fingerprint density at radius 1 is 0.800 bits per heavy atom. The van der Waals surface area contributed by atoms with Gasteiger partial charge in [0.05, 0.1) is 0 Å². The van der Waals surface area contributed by atoms with E-state index in [1.807, 2.05) is 98.8 Å². The van der Waals surface area contributed by atoms with Crippen LogP contribution in [0.3, 0.4) is 0 Å². The monoisotopic (exact) mass is 475 g/mol. The molecule has 0 aromatic heterocycles. The highest BCUT2D eigenvalue weighted by Crippen LogP contribution is 2.22. The van der Waals surface area contributed by atoms with Crippen molar-refractivity contribution in [1.29, 1.82) is 0 Å². The number of ether oxygens (including phenoxy) is 2. The SMILES string of the molecule is CC(C)C[C@H](NC(=O)OCc1ccccc1)C(=O)NCCNc1ccc(Oc2ccccc2)cc1. The Hall–Kier alpha value is -4.00. The maximum Gasteiger partial charge on any atom is 0.408 e. The molecule has 7 heteroatoms. The molecule has 7 nitrogen and oxygen atoms in total. The summed E-state index contributed by atoms with van der Waals surface area (Å²) in [5, 5.41) is 8.85. The number of hydrogen-bond acceptors (Lipinski definition) is 5. The number of carbonyl (C=O) groups is 2. The van der Waals surface area contributed by atoms with Crippen molar-refractivity contribution in [3.63, 3.8) is 0 Å². The molecule has 0 spiro atoms. The lowest BCUT2D eigenvalue weighted by Crippen LogP contribution is -2.48. The van der Waals surface area contributed by atoms with Gasteiger partial charge in [-0.1, -0.05) is 62.4 Å². The van der Waals surface area contributed by atoms with Gasteiger partial charge >= 0.3 is 6.09 Å². The van der Waals surface area contributed by atoms with E-state index in [1.54, 1.807) is 0 Å². The van der Waals surface area contributed by atoms with E-state index in [2.05, 4.69) is 16.0 Å². The molecule has 0 bridgehead atoms. The molecule has 0 radical (unpaired) electrons. The Kier molecular flexibility index (Phi) is 9.99. The zero-order chi connectivity index (χ0) is 24.9. The van der Waals surface area contributed by atoms with Crippen molar-refractivity contribution < 1.29 is 19.1 Å². The third kappa shape index (κ3) is 9.41. The van der Waals surface area contributed by atoms with Crippen LogP contribution >= 0.6 is 0 Å². The van der Waals surface area contributed by atoms with E-state index in [0.717, 1.165) is 22.7 Å². The van der Waals surface area contributed by atoms with E-state index in [1.165, 1.54) is 0 Å². The summed E-state index contributed by atoms with van der Waals surface area (Å²) in [7, 11) is 0. The highest BCUT2D eigenvalue weighted by Gasteiger charge is 2.22. The Morgan fingerprint density at radius 2 is 1.43 bits per heavy atom. The zero-order valence-electron chi connectivity index (χ0n) is 20.2. The second-order valence-corrected chi connectivity index (χ2v) is 8.55. The molecule has 2 amide bonds. The van der Waals surface area contributed by atoms with Crippen LogP contribution in [0.4, 0.5) is 10.5 Å². The number of nitrogens with one attached hydrogen (secondary N) is 3. The second-order valence-electron chi connectivity index (χ2n) is 8.55. The van der Waals surface area contributed by atoms with Crippen molar-refractivity contribution in [3.05, 3.63) is 90.5 Å². The van der Waals surface area contributed by atoms with Crippen molar-refractivity contribution in [3.8, 4) is 11.5 Å². The smallest absolute Gasteiger partial charge is 0.408 e. The second kappa shape index (κ2) is 13.6. The summed E-state index contributed by atoms with van der Waals surface area (Å²) in [5.41, 5.74) is 1.80. The van der Waals surface area contributed by atoms with Crippen molar-refractivity contribution in [2.24, 2.45) is 5.92 Å². The van der Waals surface area contributed by atoms with Crippen LogP contribution in [0.2, 0.25) is 0 Å². The first kappa shape index (κ1) is 25.6. The zero-order valence-corrected chi connectivity index (χ0v) is 20.2. The molecular weight excluding hydrogens is 442 g/mol. The van der Waals surface area contributed by atoms with Crippen LogP contribution in [-0.4, -0.2) is 31.1 Å². The number of para-hydroxylation sites is 1. The first-order valence-electron chi connectivity index (χ1n) is 11.8. The summed E-state index contributed by atoms with van der Waals surface area (Å²) < 4.78 is 11.1. The molecule has 0 unspecified atom stereocenters. The molecular formula is C28H33N3O4. The van der Waals surface area contributed by atoms with Gasteiger partial charge in [0.2, 0.25) is 5.91 Å². The maximum absolute atomic E-state index is 12.7. The number of alkyl carbamates (subject to hydrolysis) is 1. The summed E-state index contributed by atoms with van der Waals surface area (Å²) in [4.78, 5) is 24.9. The topological polar surface area (TPSA) is 88.7 Å². The fraction of sp³-hybridized carbons (Fsp3) is 0.286. The molecule has 0 aliphatic heterocycles. The minimum Gasteiger partial charge on any atom is -0.457 e. The van der Waals surface area contributed by atoms with Crippen LogP contribution in [0.15, 0.2) is 84.9 Å². The number of hydrogen-bond donors (Lipinski definition) is 3. The van der Waals surface area contributed by atoms with Gasteiger partial charge in [-0.2, -0.15) is 0 Å². The van der Waals surface area contributed by atoms with Crippen molar-refractivity contribution >= 4 is 17.7 Å². The summed E-state index contributed by atoms with van der Waals surface area (Å²) in [5.74, 6) is 1.53. The summed E-state index contributed by atoms with van der Waals surface area (Å²) in [6.07, 6.45) is -0.0895. The molecule has 0 fully saturated rings. The number of amides is 2. The molecule has 184 valence electrons. The van der Waals surface area contributed by atoms with Crippen molar-refractivity contribution in [1.82, 2.24) is 10.6 Å². The van der Waals surface area contributed by atoms with E-state index in [-0.39, 0.29) is 18.4 Å². The third-order valence-electron chi connectivity index (χ3n) is 5.12. The standard InChI is InChI=1S/C28H33N3O4/c1-21(2)19-26(31-28(33)34-20-22-9-5-3-6-10-22)27(32)30-18-17-29-23-13-15-25(16-14-23)35-24-11-7-4-8-12-24/h3-16,21,26,29H,17-20H2,1-2H3,(H,30,32)(H,31,33)/t26-/m0/s1. The van der Waals surface area contributed by atoms with E-state index >= 15 is 0 Å². The molecule has 0 aliphatic carbocycles. The fourth-order valence-electron chi connectivity index (χ4n) is 3.39. The molecule has 0 aliphatic rings. The molecule has 3 N–H and O–H groups in total. The number of benzene rings is 3. The minimum atomic E-state index is -0.660. The first-order valence-corrected chi connectivity index (χ1v) is 11.8. The third-order valence-corrected chi connectivity index (χ3v) is 5.12. The molecule has 3 aromatic carbocycles. The number of carbonyl (C=O) groups excluding carboxylic acids is 2. The quantitative estimate of drug-likeness (QED) is 0.307. The molecule has 0 heterocycles. The highest BCUT2D eigenvalue weighted by atomic mass is 16.5. The highest BCUT2D eigenvalue weighted by molar-refractivity contribution is 5.85. The van der Waals surface area contributed by atoms with Gasteiger partial charge in [-0.25, -0.2) is 4.79 Å². The largest absolute Gasteiger partial charge is 0.457 e. The van der Waals surface area contributed by atoms with Gasteiger partial charge in [0.15, 0.2) is 0 Å². The Balaban J connectivity index is 1.40. The van der Waals surface area contributed by atoms with Crippen LogP contribution in [0.5, 0.6) is 11.5 Å². The average molecular weight is 476 g/mol. The minimum absolute atomic E-state index is 0.155. The van der Waals surface area contributed by atoms with Gasteiger partial charge in [0.25, 0.3) is 0 Å². The Bertz CT molecular complexity index is 1040. The lowest BCUT2D eigenvalue weighted by atomic mass is 10.0. The van der Waals surface area contributed by atoms with E-state index in [0.29, 0.717) is 19.5 Å². The first-order chi connectivity index (χ1) is 17.0. The predicted molar refractivity (Wildman–Crippen MR) is 137 cm³/mol. The van der Waals surface area contributed by atoms with Crippen LogP contribution in [0, 0.1) is 5.92 Å². The number of anilines is 1. The molecule has 3 aromatic rings. The lowest BCUT2D eigenvalue weighted by Gasteiger charge is -2.20. The fourth-order valence-corrected chi connectivity index (χ4v) is 3.39. The van der Waals surface area contributed by atoms with Crippen LogP contribution in [0.1, 0.15) is 25.8 Å². The molecule has 0 saturated carbocycles. The van der Waals surface area contributed by atoms with Crippen LogP contribution in [0.25, 0.3) is 0 Å².